The van der Waals surface area contributed by atoms with E-state index in [1.165, 1.54) is 0 Å². The molecule has 0 saturated carbocycles. The van der Waals surface area contributed by atoms with Crippen LogP contribution in [0, 0.1) is 5.92 Å². The molecular formula is C11H22N2O3. The molecule has 0 heterocycles. The van der Waals surface area contributed by atoms with Crippen LogP contribution in [-0.2, 0) is 9.59 Å². The van der Waals surface area contributed by atoms with Gasteiger partial charge in [-0.2, -0.15) is 0 Å². The van der Waals surface area contributed by atoms with E-state index in [4.69, 9.17) is 5.11 Å². The van der Waals surface area contributed by atoms with Crippen molar-refractivity contribution in [2.75, 3.05) is 13.2 Å². The van der Waals surface area contributed by atoms with Gasteiger partial charge in [0.25, 0.3) is 0 Å². The normalized spacial score (nSPS) is 12.3. The van der Waals surface area contributed by atoms with Crippen molar-refractivity contribution >= 4 is 11.8 Å². The Kier molecular flexibility index (Phi) is 7.54. The fourth-order valence-corrected chi connectivity index (χ4v) is 1.33. The van der Waals surface area contributed by atoms with Gasteiger partial charge in [0.15, 0.2) is 0 Å². The summed E-state index contributed by atoms with van der Waals surface area (Å²) in [5.41, 5.74) is 0. The van der Waals surface area contributed by atoms with Crippen LogP contribution in [0.3, 0.4) is 0 Å². The highest BCUT2D eigenvalue weighted by Crippen LogP contribution is 2.03. The fraction of sp³-hybridized carbons (Fsp3) is 0.818. The SMILES string of the molecule is CCC(=O)NCC(=O)NC(CO)CC(C)C. The third-order valence-electron chi connectivity index (χ3n) is 2.11. The van der Waals surface area contributed by atoms with E-state index in [9.17, 15) is 9.59 Å². The van der Waals surface area contributed by atoms with E-state index in [1.807, 2.05) is 13.8 Å². The average molecular weight is 230 g/mol. The van der Waals surface area contributed by atoms with Crippen molar-refractivity contribution in [1.29, 1.82) is 0 Å². The molecule has 3 N–H and O–H groups in total. The standard InChI is InChI=1S/C11H22N2O3/c1-4-10(15)12-6-11(16)13-9(7-14)5-8(2)3/h8-9,14H,4-7H2,1-3H3,(H,12,15)(H,13,16). The molecule has 0 aliphatic rings. The molecule has 1 unspecified atom stereocenters. The van der Waals surface area contributed by atoms with Crippen molar-refractivity contribution in [2.45, 2.75) is 39.7 Å². The van der Waals surface area contributed by atoms with Crippen LogP contribution in [0.5, 0.6) is 0 Å². The van der Waals surface area contributed by atoms with Crippen molar-refractivity contribution < 1.29 is 14.7 Å². The lowest BCUT2D eigenvalue weighted by Crippen LogP contribution is -2.43. The largest absolute Gasteiger partial charge is 0.394 e. The first-order valence-corrected chi connectivity index (χ1v) is 5.66. The molecule has 0 fully saturated rings. The summed E-state index contributed by atoms with van der Waals surface area (Å²) < 4.78 is 0. The zero-order chi connectivity index (χ0) is 12.6. The summed E-state index contributed by atoms with van der Waals surface area (Å²) >= 11 is 0. The van der Waals surface area contributed by atoms with E-state index >= 15 is 0 Å². The summed E-state index contributed by atoms with van der Waals surface area (Å²) in [7, 11) is 0. The second kappa shape index (κ2) is 8.10. The molecule has 5 heteroatoms. The van der Waals surface area contributed by atoms with Gasteiger partial charge in [0.05, 0.1) is 19.2 Å². The Balaban J connectivity index is 3.87. The van der Waals surface area contributed by atoms with Crippen molar-refractivity contribution in [1.82, 2.24) is 10.6 Å². The van der Waals surface area contributed by atoms with Gasteiger partial charge < -0.3 is 15.7 Å². The fourth-order valence-electron chi connectivity index (χ4n) is 1.33. The molecule has 0 aromatic heterocycles. The number of amides is 2. The monoisotopic (exact) mass is 230 g/mol. The smallest absolute Gasteiger partial charge is 0.239 e. The van der Waals surface area contributed by atoms with Crippen LogP contribution in [0.4, 0.5) is 0 Å². The average Bonchev–Trinajstić information content (AvgIpc) is 2.24. The summed E-state index contributed by atoms with van der Waals surface area (Å²) in [6.45, 7) is 5.66. The molecule has 0 radical (unpaired) electrons. The summed E-state index contributed by atoms with van der Waals surface area (Å²) in [5.74, 6) is -0.0104. The number of rotatable bonds is 7. The van der Waals surface area contributed by atoms with Crippen molar-refractivity contribution in [2.24, 2.45) is 5.92 Å². The zero-order valence-electron chi connectivity index (χ0n) is 10.2. The molecule has 2 amide bonds. The van der Waals surface area contributed by atoms with E-state index in [-0.39, 0.29) is 31.0 Å². The van der Waals surface area contributed by atoms with Crippen LogP contribution in [0.2, 0.25) is 0 Å². The maximum absolute atomic E-state index is 11.4. The quantitative estimate of drug-likeness (QED) is 0.577. The highest BCUT2D eigenvalue weighted by atomic mass is 16.3. The van der Waals surface area contributed by atoms with Gasteiger partial charge in [0.1, 0.15) is 0 Å². The molecule has 0 bridgehead atoms. The van der Waals surface area contributed by atoms with Crippen LogP contribution in [0.25, 0.3) is 0 Å². The van der Waals surface area contributed by atoms with Crippen molar-refractivity contribution in [3.63, 3.8) is 0 Å². The predicted molar refractivity (Wildman–Crippen MR) is 61.8 cm³/mol. The number of hydrogen-bond donors (Lipinski definition) is 3. The van der Waals surface area contributed by atoms with Gasteiger partial charge >= 0.3 is 0 Å². The highest BCUT2D eigenvalue weighted by Gasteiger charge is 2.13. The van der Waals surface area contributed by atoms with Crippen molar-refractivity contribution in [3.8, 4) is 0 Å². The van der Waals surface area contributed by atoms with Gasteiger partial charge in [-0.1, -0.05) is 20.8 Å². The van der Waals surface area contributed by atoms with E-state index < -0.39 is 0 Å². The topological polar surface area (TPSA) is 78.4 Å². The maximum Gasteiger partial charge on any atom is 0.239 e. The lowest BCUT2D eigenvalue weighted by Gasteiger charge is -2.18. The molecule has 1 atom stereocenters. The molecular weight excluding hydrogens is 208 g/mol. The second-order valence-corrected chi connectivity index (χ2v) is 4.21. The van der Waals surface area contributed by atoms with Crippen LogP contribution in [0.15, 0.2) is 0 Å². The molecule has 94 valence electrons. The molecule has 0 aliphatic carbocycles. The lowest BCUT2D eigenvalue weighted by molar-refractivity contribution is -0.126. The van der Waals surface area contributed by atoms with Crippen LogP contribution in [-0.4, -0.2) is 36.1 Å². The molecule has 16 heavy (non-hydrogen) atoms. The molecule has 0 aliphatic heterocycles. The van der Waals surface area contributed by atoms with Gasteiger partial charge in [-0.05, 0) is 12.3 Å². The summed E-state index contributed by atoms with van der Waals surface area (Å²) in [4.78, 5) is 22.3. The minimum Gasteiger partial charge on any atom is -0.394 e. The number of carbonyl (C=O) groups excluding carboxylic acids is 2. The Bertz CT molecular complexity index is 229. The van der Waals surface area contributed by atoms with E-state index in [2.05, 4.69) is 10.6 Å². The minimum absolute atomic E-state index is 0.0265. The second-order valence-electron chi connectivity index (χ2n) is 4.21. The molecule has 0 aromatic rings. The Morgan fingerprint density at radius 1 is 1.25 bits per heavy atom. The molecule has 5 nitrogen and oxygen atoms in total. The molecule has 0 rings (SSSR count). The summed E-state index contributed by atoms with van der Waals surface area (Å²) in [6, 6.07) is -0.231. The lowest BCUT2D eigenvalue weighted by atomic mass is 10.0. The van der Waals surface area contributed by atoms with E-state index in [0.717, 1.165) is 6.42 Å². The molecule has 0 aromatic carbocycles. The van der Waals surface area contributed by atoms with Crippen LogP contribution in [0.1, 0.15) is 33.6 Å². The van der Waals surface area contributed by atoms with E-state index in [1.54, 1.807) is 6.92 Å². The Hall–Kier alpha value is -1.10. The maximum atomic E-state index is 11.4. The zero-order valence-corrected chi connectivity index (χ0v) is 10.2. The Morgan fingerprint density at radius 3 is 2.31 bits per heavy atom. The Morgan fingerprint density at radius 2 is 1.88 bits per heavy atom. The Labute approximate surface area is 96.6 Å². The van der Waals surface area contributed by atoms with Gasteiger partial charge in [-0.15, -0.1) is 0 Å². The summed E-state index contributed by atoms with van der Waals surface area (Å²) in [5, 5.41) is 14.2. The third kappa shape index (κ3) is 7.23. The minimum atomic E-state index is -0.262. The predicted octanol–water partition coefficient (Wildman–Crippen LogP) is 0.0358. The number of carbonyl (C=O) groups is 2. The van der Waals surface area contributed by atoms with Crippen LogP contribution < -0.4 is 10.6 Å². The number of aliphatic hydroxyl groups is 1. The van der Waals surface area contributed by atoms with Gasteiger partial charge in [0.2, 0.25) is 11.8 Å². The number of hydrogen-bond acceptors (Lipinski definition) is 3. The molecule has 0 spiro atoms. The third-order valence-corrected chi connectivity index (χ3v) is 2.11. The highest BCUT2D eigenvalue weighted by molar-refractivity contribution is 5.84. The van der Waals surface area contributed by atoms with Gasteiger partial charge in [-0.25, -0.2) is 0 Å². The first-order chi connectivity index (χ1) is 7.49. The first kappa shape index (κ1) is 14.9. The van der Waals surface area contributed by atoms with Gasteiger partial charge in [-0.3, -0.25) is 9.59 Å². The van der Waals surface area contributed by atoms with Crippen LogP contribution >= 0.6 is 0 Å². The number of aliphatic hydroxyl groups excluding tert-OH is 1. The molecule has 0 saturated heterocycles. The van der Waals surface area contributed by atoms with Crippen molar-refractivity contribution in [3.05, 3.63) is 0 Å². The first-order valence-electron chi connectivity index (χ1n) is 5.66. The van der Waals surface area contributed by atoms with E-state index in [0.29, 0.717) is 12.3 Å². The number of nitrogens with one attached hydrogen (secondary N) is 2. The van der Waals surface area contributed by atoms with Gasteiger partial charge in [0, 0.05) is 6.42 Å². The summed E-state index contributed by atoms with van der Waals surface area (Å²) in [6.07, 6.45) is 1.09.